The number of amides is 1. The van der Waals surface area contributed by atoms with Crippen LogP contribution in [0.3, 0.4) is 0 Å². The van der Waals surface area contributed by atoms with E-state index in [0.29, 0.717) is 12.1 Å². The van der Waals surface area contributed by atoms with Crippen molar-refractivity contribution in [1.29, 1.82) is 0 Å². The first kappa shape index (κ1) is 20.8. The lowest BCUT2D eigenvalue weighted by Gasteiger charge is -2.13. The number of nitrogens with one attached hydrogen (secondary N) is 2. The van der Waals surface area contributed by atoms with Gasteiger partial charge in [0.05, 0.1) is 21.3 Å². The number of carbonyl (C=O) groups is 1. The molecule has 1 aromatic heterocycles. The molecule has 4 aromatic rings. The highest BCUT2D eigenvalue weighted by Gasteiger charge is 2.18. The first-order valence-corrected chi connectivity index (χ1v) is 11.8. The van der Waals surface area contributed by atoms with Gasteiger partial charge in [0.25, 0.3) is 15.9 Å². The van der Waals surface area contributed by atoms with E-state index in [1.807, 2.05) is 30.3 Å². The second kappa shape index (κ2) is 9.11. The van der Waals surface area contributed by atoms with E-state index in [-0.39, 0.29) is 16.3 Å². The minimum absolute atomic E-state index is 0.140. The van der Waals surface area contributed by atoms with Crippen LogP contribution in [0.2, 0.25) is 0 Å². The molecule has 0 bridgehead atoms. The maximum absolute atomic E-state index is 12.7. The Morgan fingerprint density at radius 3 is 2.16 bits per heavy atom. The Hall–Kier alpha value is -3.49. The zero-order valence-corrected chi connectivity index (χ0v) is 18.0. The summed E-state index contributed by atoms with van der Waals surface area (Å²) >= 11 is 1.41. The predicted octanol–water partition coefficient (Wildman–Crippen LogP) is 4.79. The van der Waals surface area contributed by atoms with E-state index in [4.69, 9.17) is 0 Å². The van der Waals surface area contributed by atoms with Gasteiger partial charge in [0, 0.05) is 11.8 Å². The predicted molar refractivity (Wildman–Crippen MR) is 123 cm³/mol. The van der Waals surface area contributed by atoms with E-state index in [9.17, 15) is 13.2 Å². The third-order valence-corrected chi connectivity index (χ3v) is 6.69. The van der Waals surface area contributed by atoms with Crippen molar-refractivity contribution in [3.8, 4) is 0 Å². The van der Waals surface area contributed by atoms with Crippen LogP contribution >= 0.6 is 11.3 Å². The molecule has 0 atom stereocenters. The van der Waals surface area contributed by atoms with Crippen LogP contribution in [0.4, 0.5) is 11.4 Å². The third kappa shape index (κ3) is 5.17. The average molecular weight is 450 g/mol. The summed E-state index contributed by atoms with van der Waals surface area (Å²) in [6.07, 6.45) is 0.645. The summed E-state index contributed by atoms with van der Waals surface area (Å²) in [6.45, 7) is 0. The fourth-order valence-corrected chi connectivity index (χ4v) is 4.85. The molecule has 0 aliphatic rings. The molecular formula is C23H19N3O3S2. The Balaban J connectivity index is 1.50. The van der Waals surface area contributed by atoms with Gasteiger partial charge in [-0.15, -0.1) is 11.3 Å². The zero-order valence-electron chi connectivity index (χ0n) is 16.4. The average Bonchev–Trinajstić information content (AvgIpc) is 3.25. The minimum atomic E-state index is -3.78. The Bertz CT molecular complexity index is 1290. The Labute approximate surface area is 184 Å². The Morgan fingerprint density at radius 1 is 0.839 bits per heavy atom. The van der Waals surface area contributed by atoms with Gasteiger partial charge in [-0.05, 0) is 29.8 Å². The standard InChI is InChI=1S/C23H19N3O3S2/c27-23(21-16-30-22(24-21)15-17-9-3-1-4-10-17)25-19-13-7-8-14-20(19)26-31(28,29)18-11-5-2-6-12-18/h1-14,16,26H,15H2,(H,25,27). The van der Waals surface area contributed by atoms with Gasteiger partial charge >= 0.3 is 0 Å². The number of aromatic nitrogens is 1. The number of hydrogen-bond donors (Lipinski definition) is 2. The maximum atomic E-state index is 12.7. The molecule has 4 rings (SSSR count). The molecule has 0 spiro atoms. The second-order valence-electron chi connectivity index (χ2n) is 6.71. The van der Waals surface area contributed by atoms with Crippen molar-refractivity contribution >= 4 is 38.6 Å². The van der Waals surface area contributed by atoms with E-state index in [0.717, 1.165) is 10.6 Å². The van der Waals surface area contributed by atoms with Gasteiger partial charge in [0.1, 0.15) is 5.69 Å². The molecule has 0 aliphatic heterocycles. The van der Waals surface area contributed by atoms with E-state index in [1.54, 1.807) is 47.8 Å². The lowest BCUT2D eigenvalue weighted by atomic mass is 10.2. The van der Waals surface area contributed by atoms with Crippen LogP contribution in [0, 0.1) is 0 Å². The normalized spacial score (nSPS) is 11.1. The summed E-state index contributed by atoms with van der Waals surface area (Å²) in [6, 6.07) is 24.6. The molecule has 1 amide bonds. The second-order valence-corrected chi connectivity index (χ2v) is 9.33. The smallest absolute Gasteiger partial charge is 0.275 e. The molecule has 0 fully saturated rings. The van der Waals surface area contributed by atoms with Crippen molar-refractivity contribution in [2.45, 2.75) is 11.3 Å². The van der Waals surface area contributed by atoms with Crippen molar-refractivity contribution in [3.05, 3.63) is 107 Å². The van der Waals surface area contributed by atoms with Crippen LogP contribution in [0.5, 0.6) is 0 Å². The maximum Gasteiger partial charge on any atom is 0.275 e. The number of rotatable bonds is 7. The number of hydrogen-bond acceptors (Lipinski definition) is 5. The molecule has 0 unspecified atom stereocenters. The lowest BCUT2D eigenvalue weighted by Crippen LogP contribution is -2.17. The van der Waals surface area contributed by atoms with Crippen LogP contribution < -0.4 is 10.0 Å². The first-order valence-electron chi connectivity index (χ1n) is 9.48. The van der Waals surface area contributed by atoms with Gasteiger partial charge in [-0.3, -0.25) is 9.52 Å². The van der Waals surface area contributed by atoms with Gasteiger partial charge < -0.3 is 5.32 Å². The minimum Gasteiger partial charge on any atom is -0.319 e. The molecule has 0 radical (unpaired) electrons. The summed E-state index contributed by atoms with van der Waals surface area (Å²) in [5.41, 5.74) is 2.03. The largest absolute Gasteiger partial charge is 0.319 e. The molecule has 31 heavy (non-hydrogen) atoms. The van der Waals surface area contributed by atoms with E-state index < -0.39 is 15.9 Å². The van der Waals surface area contributed by atoms with Crippen molar-refractivity contribution < 1.29 is 13.2 Å². The molecule has 3 aromatic carbocycles. The van der Waals surface area contributed by atoms with Crippen LogP contribution in [0.25, 0.3) is 0 Å². The van der Waals surface area contributed by atoms with Crippen LogP contribution in [-0.2, 0) is 16.4 Å². The third-order valence-electron chi connectivity index (χ3n) is 4.46. The van der Waals surface area contributed by atoms with Crippen LogP contribution in [-0.4, -0.2) is 19.3 Å². The number of sulfonamides is 1. The number of nitrogens with zero attached hydrogens (tertiary/aromatic N) is 1. The van der Waals surface area contributed by atoms with Crippen LogP contribution in [0.15, 0.2) is 95.2 Å². The SMILES string of the molecule is O=C(Nc1ccccc1NS(=O)(=O)c1ccccc1)c1csc(Cc2ccccc2)n1. The molecular weight excluding hydrogens is 430 g/mol. The molecule has 0 saturated carbocycles. The number of thiazole rings is 1. The van der Waals surface area contributed by atoms with E-state index in [1.165, 1.54) is 23.5 Å². The van der Waals surface area contributed by atoms with Crippen molar-refractivity contribution in [2.75, 3.05) is 10.0 Å². The first-order chi connectivity index (χ1) is 15.0. The van der Waals surface area contributed by atoms with Gasteiger partial charge in [-0.2, -0.15) is 0 Å². The number of anilines is 2. The van der Waals surface area contributed by atoms with Crippen molar-refractivity contribution in [3.63, 3.8) is 0 Å². The number of benzene rings is 3. The molecule has 156 valence electrons. The van der Waals surface area contributed by atoms with E-state index >= 15 is 0 Å². The topological polar surface area (TPSA) is 88.2 Å². The van der Waals surface area contributed by atoms with Crippen molar-refractivity contribution in [2.24, 2.45) is 0 Å². The van der Waals surface area contributed by atoms with Gasteiger partial charge in [0.15, 0.2) is 0 Å². The highest BCUT2D eigenvalue weighted by Crippen LogP contribution is 2.25. The fourth-order valence-electron chi connectivity index (χ4n) is 2.94. The summed E-state index contributed by atoms with van der Waals surface area (Å²) in [4.78, 5) is 17.3. The summed E-state index contributed by atoms with van der Waals surface area (Å²) in [7, 11) is -3.78. The summed E-state index contributed by atoms with van der Waals surface area (Å²) < 4.78 is 27.8. The summed E-state index contributed by atoms with van der Waals surface area (Å²) in [5.74, 6) is -0.401. The molecule has 0 saturated heterocycles. The molecule has 8 heteroatoms. The molecule has 6 nitrogen and oxygen atoms in total. The van der Waals surface area contributed by atoms with Crippen LogP contribution in [0.1, 0.15) is 21.1 Å². The number of para-hydroxylation sites is 2. The molecule has 0 aliphatic carbocycles. The van der Waals surface area contributed by atoms with Gasteiger partial charge in [0.2, 0.25) is 0 Å². The fraction of sp³-hybridized carbons (Fsp3) is 0.0435. The van der Waals surface area contributed by atoms with E-state index in [2.05, 4.69) is 15.0 Å². The highest BCUT2D eigenvalue weighted by molar-refractivity contribution is 7.92. The van der Waals surface area contributed by atoms with Crippen molar-refractivity contribution in [1.82, 2.24) is 4.98 Å². The molecule has 1 heterocycles. The lowest BCUT2D eigenvalue weighted by molar-refractivity contribution is 0.102. The monoisotopic (exact) mass is 449 g/mol. The Kier molecular flexibility index (Phi) is 6.11. The highest BCUT2D eigenvalue weighted by atomic mass is 32.2. The molecule has 2 N–H and O–H groups in total. The Morgan fingerprint density at radius 2 is 1.45 bits per heavy atom. The van der Waals surface area contributed by atoms with Gasteiger partial charge in [-0.1, -0.05) is 60.7 Å². The number of carbonyl (C=O) groups excluding carboxylic acids is 1. The quantitative estimate of drug-likeness (QED) is 0.425. The summed E-state index contributed by atoms with van der Waals surface area (Å²) in [5, 5.41) is 5.28. The zero-order chi connectivity index (χ0) is 21.7. The van der Waals surface area contributed by atoms with Gasteiger partial charge in [-0.25, -0.2) is 13.4 Å².